The molecule has 2 aliphatic rings. The molecule has 0 aliphatic carbocycles. The molecule has 0 saturated carbocycles. The van der Waals surface area contributed by atoms with Gasteiger partial charge in [0.2, 0.25) is 0 Å². The number of hydrogen-bond donors (Lipinski definition) is 0. The molecule has 0 spiro atoms. The van der Waals surface area contributed by atoms with Crippen molar-refractivity contribution in [2.45, 2.75) is 205 Å². The van der Waals surface area contributed by atoms with Crippen molar-refractivity contribution in [2.24, 2.45) is 0 Å². The quantitative estimate of drug-likeness (QED) is 0.0264. The van der Waals surface area contributed by atoms with Crippen molar-refractivity contribution in [3.63, 3.8) is 0 Å². The van der Waals surface area contributed by atoms with E-state index in [2.05, 4.69) is 79.0 Å². The molecule has 2 atom stereocenters. The minimum absolute atomic E-state index is 0.0159. The summed E-state index contributed by atoms with van der Waals surface area (Å²) in [7, 11) is 0. The Labute approximate surface area is 392 Å². The number of carbonyl (C=O) groups is 2. The van der Waals surface area contributed by atoms with E-state index in [1.54, 1.807) is 6.08 Å². The van der Waals surface area contributed by atoms with Gasteiger partial charge in [0.25, 0.3) is 0 Å². The third-order valence-electron chi connectivity index (χ3n) is 10.9. The first-order chi connectivity index (χ1) is 31.7. The summed E-state index contributed by atoms with van der Waals surface area (Å²) < 4.78 is 19.4. The van der Waals surface area contributed by atoms with Gasteiger partial charge in [0.1, 0.15) is 19.3 Å². The molecule has 6 heteroatoms. The monoisotopic (exact) mass is 883 g/mol. The second-order valence-corrected chi connectivity index (χ2v) is 16.8. The van der Waals surface area contributed by atoms with Gasteiger partial charge in [-0.05, 0) is 44.6 Å². The first-order valence-corrected chi connectivity index (χ1v) is 25.5. The van der Waals surface area contributed by atoms with E-state index in [1.165, 1.54) is 148 Å². The van der Waals surface area contributed by atoms with Crippen LogP contribution in [0.2, 0.25) is 0 Å². The van der Waals surface area contributed by atoms with Gasteiger partial charge in [-0.1, -0.05) is 276 Å². The Morgan fingerprint density at radius 2 is 0.750 bits per heavy atom. The van der Waals surface area contributed by atoms with Crippen LogP contribution >= 0.6 is 0 Å². The van der Waals surface area contributed by atoms with Gasteiger partial charge in [0.15, 0.2) is 6.10 Å². The number of carbonyl (C=O) groups excluding carboxylic acids is 2. The lowest BCUT2D eigenvalue weighted by Gasteiger charge is -2.06. The molecule has 2 heterocycles. The number of rotatable bonds is 40. The third kappa shape index (κ3) is 43.0. The third-order valence-corrected chi connectivity index (χ3v) is 10.9. The fraction of sp³-hybridized carbons (Fsp3) is 0.586. The molecular formula is C58H90O6. The van der Waals surface area contributed by atoms with Crippen molar-refractivity contribution in [3.8, 4) is 0 Å². The zero-order chi connectivity index (χ0) is 45.9. The summed E-state index contributed by atoms with van der Waals surface area (Å²) in [6.07, 6.45) is 79.8. The summed E-state index contributed by atoms with van der Waals surface area (Å²) in [6.45, 7) is 6.71. The predicted molar refractivity (Wildman–Crippen MR) is 274 cm³/mol. The van der Waals surface area contributed by atoms with Crippen LogP contribution in [0, 0.1) is 0 Å². The van der Waals surface area contributed by atoms with Gasteiger partial charge in [0, 0.05) is 0 Å². The molecule has 0 aromatic heterocycles. The lowest BCUT2D eigenvalue weighted by atomic mass is 10.0. The summed E-state index contributed by atoms with van der Waals surface area (Å²) in [5.41, 5.74) is 0. The molecule has 358 valence electrons. The highest BCUT2D eigenvalue weighted by atomic mass is 16.8. The van der Waals surface area contributed by atoms with Crippen LogP contribution in [0.3, 0.4) is 0 Å². The summed E-state index contributed by atoms with van der Waals surface area (Å²) in [6, 6.07) is 0. The van der Waals surface area contributed by atoms with Crippen molar-refractivity contribution in [1.29, 1.82) is 0 Å². The summed E-state index contributed by atoms with van der Waals surface area (Å²) in [5.74, 6) is 0. The molecule has 6 nitrogen and oxygen atoms in total. The molecule has 0 bridgehead atoms. The summed E-state index contributed by atoms with van der Waals surface area (Å²) >= 11 is 0. The van der Waals surface area contributed by atoms with Crippen molar-refractivity contribution in [2.75, 3.05) is 13.2 Å². The van der Waals surface area contributed by atoms with Gasteiger partial charge in [-0.3, -0.25) is 0 Å². The van der Waals surface area contributed by atoms with E-state index in [1.807, 2.05) is 60.8 Å². The maximum Gasteiger partial charge on any atom is 0.509 e. The van der Waals surface area contributed by atoms with Crippen molar-refractivity contribution < 1.29 is 28.5 Å². The molecule has 2 saturated heterocycles. The van der Waals surface area contributed by atoms with Gasteiger partial charge in [0.05, 0.1) is 0 Å². The fourth-order valence-electron chi connectivity index (χ4n) is 7.16. The van der Waals surface area contributed by atoms with E-state index in [0.29, 0.717) is 6.61 Å². The van der Waals surface area contributed by atoms with Crippen LogP contribution in [0.4, 0.5) is 9.59 Å². The highest BCUT2D eigenvalue weighted by molar-refractivity contribution is 5.62. The topological polar surface area (TPSA) is 71.1 Å². The van der Waals surface area contributed by atoms with Crippen LogP contribution in [0.1, 0.15) is 193 Å². The Kier molecular flexibility index (Phi) is 43.4. The van der Waals surface area contributed by atoms with Gasteiger partial charge in [-0.25, -0.2) is 9.59 Å². The average molecular weight is 883 g/mol. The zero-order valence-electron chi connectivity index (χ0n) is 40.4. The smallest absolute Gasteiger partial charge is 0.430 e. The fourth-order valence-corrected chi connectivity index (χ4v) is 7.16. The van der Waals surface area contributed by atoms with Crippen LogP contribution in [-0.2, 0) is 18.9 Å². The Hall–Kier alpha value is -4.32. The number of ether oxygens (including phenoxy) is 4. The van der Waals surface area contributed by atoms with E-state index >= 15 is 0 Å². The molecule has 0 radical (unpaired) electrons. The van der Waals surface area contributed by atoms with E-state index in [9.17, 15) is 9.59 Å². The van der Waals surface area contributed by atoms with Crippen LogP contribution < -0.4 is 0 Å². The summed E-state index contributed by atoms with van der Waals surface area (Å²) in [5, 5.41) is 0. The molecule has 2 rings (SSSR count). The first-order valence-electron chi connectivity index (χ1n) is 25.5. The van der Waals surface area contributed by atoms with Crippen LogP contribution in [0.15, 0.2) is 134 Å². The molecule has 0 aromatic rings. The maximum atomic E-state index is 10.8. The van der Waals surface area contributed by atoms with E-state index < -0.39 is 12.3 Å². The minimum atomic E-state index is -0.606. The van der Waals surface area contributed by atoms with Crippen LogP contribution in [0.5, 0.6) is 0 Å². The number of cyclic esters (lactones) is 4. The van der Waals surface area contributed by atoms with Crippen molar-refractivity contribution in [3.05, 3.63) is 134 Å². The van der Waals surface area contributed by atoms with E-state index in [-0.39, 0.29) is 18.8 Å². The number of hydrogen-bond acceptors (Lipinski definition) is 6. The van der Waals surface area contributed by atoms with Gasteiger partial charge in [-0.15, -0.1) is 6.58 Å². The molecular weight excluding hydrogens is 793 g/mol. The normalized spacial score (nSPS) is 17.0. The highest BCUT2D eigenvalue weighted by Gasteiger charge is 2.24. The molecule has 2 fully saturated rings. The van der Waals surface area contributed by atoms with Crippen molar-refractivity contribution >= 4 is 12.3 Å². The zero-order valence-corrected chi connectivity index (χ0v) is 40.4. The lowest BCUT2D eigenvalue weighted by Crippen LogP contribution is -2.09. The van der Waals surface area contributed by atoms with Gasteiger partial charge < -0.3 is 18.9 Å². The van der Waals surface area contributed by atoms with E-state index in [0.717, 1.165) is 38.5 Å². The molecule has 2 aliphatic heterocycles. The maximum absolute atomic E-state index is 10.8. The number of unbranched alkanes of at least 4 members (excludes halogenated alkanes) is 23. The van der Waals surface area contributed by atoms with Crippen LogP contribution in [-0.4, -0.2) is 37.7 Å². The van der Waals surface area contributed by atoms with Crippen molar-refractivity contribution in [1.82, 2.24) is 0 Å². The molecule has 2 unspecified atom stereocenters. The Balaban J connectivity index is 0.000000640. The molecule has 0 aromatic carbocycles. The molecule has 64 heavy (non-hydrogen) atoms. The largest absolute Gasteiger partial charge is 0.509 e. The summed E-state index contributed by atoms with van der Waals surface area (Å²) in [4.78, 5) is 21.6. The Morgan fingerprint density at radius 3 is 1.14 bits per heavy atom. The lowest BCUT2D eigenvalue weighted by molar-refractivity contribution is 0.115. The van der Waals surface area contributed by atoms with Gasteiger partial charge >= 0.3 is 12.3 Å². The Morgan fingerprint density at radius 1 is 0.406 bits per heavy atom. The first kappa shape index (κ1) is 57.7. The number of allylic oxidation sites excluding steroid dienone is 20. The average Bonchev–Trinajstić information content (AvgIpc) is 3.93. The SMILES string of the molecule is C=CC/C=C/C=CCC=C/C=C/C/C=C/CC=CC=CC=CC=CC=CC1COC(=O)O1.CCCCCCCCCCCCCCCCCCCCCCCCCCC1COC(=O)O1. The van der Waals surface area contributed by atoms with Crippen LogP contribution in [0.25, 0.3) is 0 Å². The van der Waals surface area contributed by atoms with E-state index in [4.69, 9.17) is 14.2 Å². The second kappa shape index (κ2) is 48.1. The molecule has 0 N–H and O–H groups in total. The predicted octanol–water partition coefficient (Wildman–Crippen LogP) is 18.1. The minimum Gasteiger partial charge on any atom is -0.430 e. The highest BCUT2D eigenvalue weighted by Crippen LogP contribution is 2.18. The van der Waals surface area contributed by atoms with Gasteiger partial charge in [-0.2, -0.15) is 0 Å². The molecule has 0 amide bonds. The second-order valence-electron chi connectivity index (χ2n) is 16.8. The Bertz CT molecular complexity index is 1410. The standard InChI is InChI=1S/C29H56O3.C29H34O3/c2*1-2-3-4-5-6-7-8-9-10-11-12-13-14-15-16-17-18-19-20-21-22-23-24-25-26-28-27-31-29(30)32-28/h28H,2-27H2,1H3;2,4-7,9-12,14-15,17-26,28H,1,3,8,13,16,27H2/b;5-4+,7-6?,10-9?,12-11+,15-14+,18-17?,20-19?,22-21?,24-23?,26-25?.